The SMILES string of the molecule is COc1cccc(OC)c1CNC(=O)c1ccccc1F.c1cc2[nH]ncc2cc1OCC1CCCNC1. The third-order valence-corrected chi connectivity index (χ3v) is 6.37. The zero-order valence-electron chi connectivity index (χ0n) is 21.6. The molecule has 1 aliphatic rings. The topological polar surface area (TPSA) is 97.5 Å². The molecular formula is C29H33FN4O4. The maximum atomic E-state index is 13.5. The number of nitrogens with zero attached hydrogens (tertiary/aromatic N) is 1. The largest absolute Gasteiger partial charge is 0.496 e. The van der Waals surface area contributed by atoms with Crippen molar-refractivity contribution in [2.24, 2.45) is 5.92 Å². The number of halogens is 1. The lowest BCUT2D eigenvalue weighted by Gasteiger charge is -2.22. The molecule has 9 heteroatoms. The molecule has 1 aliphatic heterocycles. The predicted molar refractivity (Wildman–Crippen MR) is 144 cm³/mol. The molecule has 0 radical (unpaired) electrons. The van der Waals surface area contributed by atoms with Crippen LogP contribution in [0.4, 0.5) is 4.39 Å². The highest BCUT2D eigenvalue weighted by molar-refractivity contribution is 5.94. The maximum Gasteiger partial charge on any atom is 0.254 e. The first-order valence-electron chi connectivity index (χ1n) is 12.6. The fourth-order valence-electron chi connectivity index (χ4n) is 4.30. The normalized spacial score (nSPS) is 14.8. The highest BCUT2D eigenvalue weighted by Gasteiger charge is 2.15. The molecule has 0 saturated carbocycles. The van der Waals surface area contributed by atoms with Gasteiger partial charge in [-0.25, -0.2) is 4.39 Å². The number of fused-ring (bicyclic) bond motifs is 1. The van der Waals surface area contributed by atoms with Crippen LogP contribution in [0.5, 0.6) is 17.2 Å². The number of nitrogens with one attached hydrogen (secondary N) is 3. The fourth-order valence-corrected chi connectivity index (χ4v) is 4.30. The monoisotopic (exact) mass is 520 g/mol. The van der Waals surface area contributed by atoms with Gasteiger partial charge in [-0.15, -0.1) is 0 Å². The van der Waals surface area contributed by atoms with E-state index in [-0.39, 0.29) is 12.1 Å². The van der Waals surface area contributed by atoms with Crippen molar-refractivity contribution in [1.82, 2.24) is 20.8 Å². The van der Waals surface area contributed by atoms with Crippen LogP contribution in [0.25, 0.3) is 10.9 Å². The van der Waals surface area contributed by atoms with Crippen molar-refractivity contribution in [1.29, 1.82) is 0 Å². The molecular weight excluding hydrogens is 487 g/mol. The summed E-state index contributed by atoms with van der Waals surface area (Å²) >= 11 is 0. The lowest BCUT2D eigenvalue weighted by molar-refractivity contribution is 0.0946. The summed E-state index contributed by atoms with van der Waals surface area (Å²) in [7, 11) is 3.08. The zero-order valence-corrected chi connectivity index (χ0v) is 21.6. The molecule has 3 N–H and O–H groups in total. The summed E-state index contributed by atoms with van der Waals surface area (Å²) < 4.78 is 29.9. The Kier molecular flexibility index (Phi) is 9.53. The van der Waals surface area contributed by atoms with Crippen molar-refractivity contribution in [3.63, 3.8) is 0 Å². The van der Waals surface area contributed by atoms with Gasteiger partial charge in [0.2, 0.25) is 0 Å². The highest BCUT2D eigenvalue weighted by atomic mass is 19.1. The van der Waals surface area contributed by atoms with Crippen LogP contribution in [0.3, 0.4) is 0 Å². The first-order chi connectivity index (χ1) is 18.6. The van der Waals surface area contributed by atoms with Crippen LogP contribution in [0.2, 0.25) is 0 Å². The number of aromatic nitrogens is 2. The standard InChI is InChI=1S/C16H16FNO3.C13H17N3O/c1-20-14-8-5-9-15(21-2)12(14)10-18-16(19)11-6-3-4-7-13(11)17;1-2-10(7-14-5-1)9-17-12-3-4-13-11(6-12)8-15-16-13/h3-9H,10H2,1-2H3,(H,18,19);3-4,6,8,10,14H,1-2,5,7,9H2,(H,15,16). The van der Waals surface area contributed by atoms with Gasteiger partial charge < -0.3 is 24.8 Å². The minimum atomic E-state index is -0.554. The fraction of sp³-hybridized carbons (Fsp3) is 0.310. The van der Waals surface area contributed by atoms with Gasteiger partial charge in [0.05, 0.1) is 50.2 Å². The van der Waals surface area contributed by atoms with Crippen LogP contribution < -0.4 is 24.8 Å². The average Bonchev–Trinajstić information content (AvgIpc) is 3.44. The number of carbonyl (C=O) groups is 1. The number of piperidine rings is 1. The molecule has 0 spiro atoms. The second-order valence-corrected chi connectivity index (χ2v) is 8.95. The van der Waals surface area contributed by atoms with E-state index in [0.29, 0.717) is 23.0 Å². The zero-order chi connectivity index (χ0) is 26.7. The number of hydrogen-bond acceptors (Lipinski definition) is 6. The number of carbonyl (C=O) groups excluding carboxylic acids is 1. The molecule has 0 bridgehead atoms. The van der Waals surface area contributed by atoms with Crippen LogP contribution in [0.15, 0.2) is 66.9 Å². The third kappa shape index (κ3) is 7.01. The van der Waals surface area contributed by atoms with Gasteiger partial charge in [0.1, 0.15) is 23.1 Å². The summed E-state index contributed by atoms with van der Waals surface area (Å²) in [6.45, 7) is 3.21. The Bertz CT molecular complexity index is 1310. The Balaban J connectivity index is 0.000000180. The molecule has 1 fully saturated rings. The van der Waals surface area contributed by atoms with E-state index in [1.807, 2.05) is 24.4 Å². The quantitative estimate of drug-likeness (QED) is 0.311. The number of benzene rings is 3. The summed E-state index contributed by atoms with van der Waals surface area (Å²) in [5.41, 5.74) is 1.76. The Morgan fingerprint density at radius 3 is 2.58 bits per heavy atom. The van der Waals surface area contributed by atoms with E-state index in [1.165, 1.54) is 45.3 Å². The first-order valence-corrected chi connectivity index (χ1v) is 12.6. The summed E-state index contributed by atoms with van der Waals surface area (Å²) in [6.07, 6.45) is 4.35. The maximum absolute atomic E-state index is 13.5. The van der Waals surface area contributed by atoms with Crippen LogP contribution in [0, 0.1) is 11.7 Å². The van der Waals surface area contributed by atoms with Gasteiger partial charge in [0.15, 0.2) is 0 Å². The van der Waals surface area contributed by atoms with E-state index >= 15 is 0 Å². The summed E-state index contributed by atoms with van der Waals surface area (Å²) in [5.74, 6) is 1.74. The Morgan fingerprint density at radius 2 is 1.87 bits per heavy atom. The molecule has 4 aromatic rings. The smallest absolute Gasteiger partial charge is 0.254 e. The minimum absolute atomic E-state index is 0.00589. The van der Waals surface area contributed by atoms with E-state index in [1.54, 1.807) is 24.3 Å². The molecule has 0 aliphatic carbocycles. The van der Waals surface area contributed by atoms with E-state index in [9.17, 15) is 9.18 Å². The second kappa shape index (κ2) is 13.4. The Labute approximate surface area is 221 Å². The van der Waals surface area contributed by atoms with Crippen molar-refractivity contribution in [3.8, 4) is 17.2 Å². The van der Waals surface area contributed by atoms with Crippen molar-refractivity contribution < 1.29 is 23.4 Å². The van der Waals surface area contributed by atoms with Crippen LogP contribution in [0.1, 0.15) is 28.8 Å². The third-order valence-electron chi connectivity index (χ3n) is 6.37. The highest BCUT2D eigenvalue weighted by Crippen LogP contribution is 2.28. The average molecular weight is 521 g/mol. The number of rotatable bonds is 8. The molecule has 1 saturated heterocycles. The first kappa shape index (κ1) is 26.9. The van der Waals surface area contributed by atoms with Gasteiger partial charge in [-0.1, -0.05) is 18.2 Å². The van der Waals surface area contributed by atoms with Gasteiger partial charge in [0.25, 0.3) is 5.91 Å². The van der Waals surface area contributed by atoms with Crippen LogP contribution in [-0.4, -0.2) is 50.0 Å². The number of methoxy groups -OCH3 is 2. The molecule has 8 nitrogen and oxygen atoms in total. The molecule has 5 rings (SSSR count). The van der Waals surface area contributed by atoms with Crippen molar-refractivity contribution in [2.45, 2.75) is 19.4 Å². The molecule has 1 atom stereocenters. The van der Waals surface area contributed by atoms with Crippen molar-refractivity contribution >= 4 is 16.8 Å². The molecule has 1 aromatic heterocycles. The number of amides is 1. The van der Waals surface area contributed by atoms with E-state index in [2.05, 4.69) is 20.8 Å². The molecule has 3 aromatic carbocycles. The van der Waals surface area contributed by atoms with E-state index in [4.69, 9.17) is 14.2 Å². The molecule has 38 heavy (non-hydrogen) atoms. The molecule has 200 valence electrons. The minimum Gasteiger partial charge on any atom is -0.496 e. The summed E-state index contributed by atoms with van der Waals surface area (Å²) in [6, 6.07) is 17.2. The van der Waals surface area contributed by atoms with Gasteiger partial charge in [-0.05, 0) is 61.9 Å². The Hall–Kier alpha value is -4.11. The number of aromatic amines is 1. The van der Waals surface area contributed by atoms with Crippen LogP contribution in [-0.2, 0) is 6.54 Å². The van der Waals surface area contributed by atoms with Crippen LogP contribution >= 0.6 is 0 Å². The summed E-state index contributed by atoms with van der Waals surface area (Å²) in [4.78, 5) is 12.0. The van der Waals surface area contributed by atoms with Gasteiger partial charge in [0, 0.05) is 17.8 Å². The molecule has 1 amide bonds. The predicted octanol–water partition coefficient (Wildman–Crippen LogP) is 4.71. The van der Waals surface area contributed by atoms with Crippen molar-refractivity contribution in [3.05, 3.63) is 83.8 Å². The van der Waals surface area contributed by atoms with Gasteiger partial charge in [-0.2, -0.15) is 5.10 Å². The molecule has 2 heterocycles. The number of ether oxygens (including phenoxy) is 3. The second-order valence-electron chi connectivity index (χ2n) is 8.95. The molecule has 1 unspecified atom stereocenters. The van der Waals surface area contributed by atoms with Gasteiger partial charge in [-0.3, -0.25) is 9.89 Å². The van der Waals surface area contributed by atoms with E-state index < -0.39 is 11.7 Å². The lowest BCUT2D eigenvalue weighted by atomic mass is 10.0. The lowest BCUT2D eigenvalue weighted by Crippen LogP contribution is -2.33. The van der Waals surface area contributed by atoms with E-state index in [0.717, 1.165) is 36.3 Å². The van der Waals surface area contributed by atoms with Gasteiger partial charge >= 0.3 is 0 Å². The Morgan fingerprint density at radius 1 is 1.08 bits per heavy atom. The number of hydrogen-bond donors (Lipinski definition) is 3. The number of H-pyrrole nitrogens is 1. The van der Waals surface area contributed by atoms with Crippen molar-refractivity contribution in [2.75, 3.05) is 33.9 Å². The summed E-state index contributed by atoms with van der Waals surface area (Å²) in [5, 5.41) is 14.1.